The lowest BCUT2D eigenvalue weighted by Crippen LogP contribution is -2.30. The van der Waals surface area contributed by atoms with Gasteiger partial charge in [0.25, 0.3) is 0 Å². The van der Waals surface area contributed by atoms with Crippen LogP contribution in [0.25, 0.3) is 0 Å². The number of rotatable bonds is 3. The maximum Gasteiger partial charge on any atom is 0.304 e. The Labute approximate surface area is 105 Å². The summed E-state index contributed by atoms with van der Waals surface area (Å²) in [6.45, 7) is 2.18. The Kier molecular flexibility index (Phi) is 3.79. The lowest BCUT2D eigenvalue weighted by Gasteiger charge is -2.30. The molecule has 0 bridgehead atoms. The van der Waals surface area contributed by atoms with E-state index in [0.29, 0.717) is 17.6 Å². The van der Waals surface area contributed by atoms with E-state index in [2.05, 4.69) is 12.2 Å². The molecule has 0 heterocycles. The molecule has 2 unspecified atom stereocenters. The molecule has 0 radical (unpaired) electrons. The van der Waals surface area contributed by atoms with Gasteiger partial charge in [0.2, 0.25) is 5.82 Å². The molecule has 4 nitrogen and oxygen atoms in total. The largest absolute Gasteiger partial charge is 0.382 e. The van der Waals surface area contributed by atoms with Gasteiger partial charge >= 0.3 is 5.69 Å². The van der Waals surface area contributed by atoms with Crippen LogP contribution in [0.4, 0.5) is 15.8 Å². The molecule has 1 aliphatic carbocycles. The van der Waals surface area contributed by atoms with Gasteiger partial charge in [0, 0.05) is 23.9 Å². The fourth-order valence-electron chi connectivity index (χ4n) is 2.49. The molecule has 1 aliphatic rings. The van der Waals surface area contributed by atoms with E-state index in [1.807, 2.05) is 0 Å². The van der Waals surface area contributed by atoms with Crippen LogP contribution in [0.2, 0.25) is 0 Å². The number of nitro benzene ring substituents is 1. The predicted octanol–water partition coefficient (Wildman–Crippen LogP) is 3.72. The minimum atomic E-state index is -0.784. The minimum Gasteiger partial charge on any atom is -0.382 e. The summed E-state index contributed by atoms with van der Waals surface area (Å²) >= 11 is 0. The Morgan fingerprint density at radius 2 is 2.11 bits per heavy atom. The van der Waals surface area contributed by atoms with Crippen LogP contribution in [0.15, 0.2) is 18.2 Å². The zero-order valence-corrected chi connectivity index (χ0v) is 10.4. The lowest BCUT2D eigenvalue weighted by molar-refractivity contribution is -0.387. The van der Waals surface area contributed by atoms with E-state index in [9.17, 15) is 14.5 Å². The Balaban J connectivity index is 2.10. The molecule has 0 saturated heterocycles. The smallest absolute Gasteiger partial charge is 0.304 e. The minimum absolute atomic E-state index is 0.333. The Hall–Kier alpha value is -1.65. The van der Waals surface area contributed by atoms with Crippen LogP contribution in [0.3, 0.4) is 0 Å². The van der Waals surface area contributed by atoms with Gasteiger partial charge in [-0.25, -0.2) is 0 Å². The van der Waals surface area contributed by atoms with E-state index in [-0.39, 0.29) is 0 Å². The normalized spacial score (nSPS) is 23.7. The fraction of sp³-hybridized carbons (Fsp3) is 0.538. The number of nitro groups is 1. The molecule has 0 spiro atoms. The van der Waals surface area contributed by atoms with Crippen molar-refractivity contribution in [3.05, 3.63) is 34.1 Å². The van der Waals surface area contributed by atoms with Gasteiger partial charge in [-0.2, -0.15) is 4.39 Å². The maximum atomic E-state index is 13.5. The number of nitrogens with one attached hydrogen (secondary N) is 1. The van der Waals surface area contributed by atoms with Crippen molar-refractivity contribution in [2.45, 2.75) is 38.6 Å². The van der Waals surface area contributed by atoms with Crippen molar-refractivity contribution >= 4 is 11.4 Å². The summed E-state index contributed by atoms with van der Waals surface area (Å²) in [7, 11) is 0. The van der Waals surface area contributed by atoms with Gasteiger partial charge in [0.15, 0.2) is 0 Å². The van der Waals surface area contributed by atoms with E-state index >= 15 is 0 Å². The van der Waals surface area contributed by atoms with Crippen LogP contribution in [-0.2, 0) is 0 Å². The van der Waals surface area contributed by atoms with Crippen molar-refractivity contribution in [3.63, 3.8) is 0 Å². The van der Waals surface area contributed by atoms with Gasteiger partial charge in [-0.05, 0) is 24.8 Å². The zero-order valence-electron chi connectivity index (χ0n) is 10.4. The molecule has 1 aromatic rings. The molecule has 2 rings (SSSR count). The summed E-state index contributed by atoms with van der Waals surface area (Å²) in [5.74, 6) is -0.231. The first-order valence-corrected chi connectivity index (χ1v) is 6.28. The fourth-order valence-corrected chi connectivity index (χ4v) is 2.49. The summed E-state index contributed by atoms with van der Waals surface area (Å²) in [5.41, 5.74) is 0.147. The molecule has 2 atom stereocenters. The van der Waals surface area contributed by atoms with E-state index in [0.717, 1.165) is 6.42 Å². The van der Waals surface area contributed by atoms with Crippen LogP contribution in [0.5, 0.6) is 0 Å². The standard InChI is InChI=1S/C13H17FN2O2/c1-9-4-2-3-5-12(9)15-10-6-7-13(16(17)18)11(14)8-10/h6-9,12,15H,2-5H2,1H3. The molecule has 5 heteroatoms. The van der Waals surface area contributed by atoms with Crippen molar-refractivity contribution in [1.82, 2.24) is 0 Å². The second-order valence-corrected chi connectivity index (χ2v) is 4.94. The third kappa shape index (κ3) is 2.78. The van der Waals surface area contributed by atoms with Crippen LogP contribution in [0.1, 0.15) is 32.6 Å². The van der Waals surface area contributed by atoms with Crippen molar-refractivity contribution < 1.29 is 9.31 Å². The van der Waals surface area contributed by atoms with Crippen molar-refractivity contribution in [2.75, 3.05) is 5.32 Å². The van der Waals surface area contributed by atoms with Gasteiger partial charge in [-0.3, -0.25) is 10.1 Å². The summed E-state index contributed by atoms with van der Waals surface area (Å²) in [6.07, 6.45) is 4.67. The molecule has 98 valence electrons. The number of benzene rings is 1. The number of halogens is 1. The monoisotopic (exact) mass is 252 g/mol. The average molecular weight is 252 g/mol. The topological polar surface area (TPSA) is 55.2 Å². The van der Waals surface area contributed by atoms with Gasteiger partial charge in [0.1, 0.15) is 0 Å². The van der Waals surface area contributed by atoms with Crippen LogP contribution < -0.4 is 5.32 Å². The van der Waals surface area contributed by atoms with Crippen molar-refractivity contribution in [2.24, 2.45) is 5.92 Å². The average Bonchev–Trinajstić information content (AvgIpc) is 2.32. The van der Waals surface area contributed by atoms with Crippen molar-refractivity contribution in [1.29, 1.82) is 0 Å². The number of anilines is 1. The molecule has 0 aliphatic heterocycles. The molecule has 18 heavy (non-hydrogen) atoms. The van der Waals surface area contributed by atoms with Crippen LogP contribution in [0, 0.1) is 21.8 Å². The highest BCUT2D eigenvalue weighted by Crippen LogP contribution is 2.28. The first-order chi connectivity index (χ1) is 8.58. The first-order valence-electron chi connectivity index (χ1n) is 6.28. The van der Waals surface area contributed by atoms with E-state index in [1.54, 1.807) is 6.07 Å². The second-order valence-electron chi connectivity index (χ2n) is 4.94. The maximum absolute atomic E-state index is 13.5. The molecule has 0 amide bonds. The van der Waals surface area contributed by atoms with Gasteiger partial charge in [0.05, 0.1) is 4.92 Å². The highest BCUT2D eigenvalue weighted by Gasteiger charge is 2.22. The van der Waals surface area contributed by atoms with Gasteiger partial charge in [-0.15, -0.1) is 0 Å². The van der Waals surface area contributed by atoms with E-state index in [4.69, 9.17) is 0 Å². The first kappa shape index (κ1) is 12.8. The molecule has 1 saturated carbocycles. The Morgan fingerprint density at radius 3 is 2.72 bits per heavy atom. The highest BCUT2D eigenvalue weighted by molar-refractivity contribution is 5.50. The third-order valence-electron chi connectivity index (χ3n) is 3.61. The molecule has 0 aromatic heterocycles. The van der Waals surface area contributed by atoms with E-state index in [1.165, 1.54) is 31.4 Å². The number of hydrogen-bond acceptors (Lipinski definition) is 3. The zero-order chi connectivity index (χ0) is 13.1. The highest BCUT2D eigenvalue weighted by atomic mass is 19.1. The Morgan fingerprint density at radius 1 is 1.39 bits per heavy atom. The molecule has 1 fully saturated rings. The number of hydrogen-bond donors (Lipinski definition) is 1. The third-order valence-corrected chi connectivity index (χ3v) is 3.61. The van der Waals surface area contributed by atoms with Gasteiger partial charge < -0.3 is 5.32 Å². The SMILES string of the molecule is CC1CCCCC1Nc1ccc([N+](=O)[O-])c(F)c1. The molecule has 1 N–H and O–H groups in total. The summed E-state index contributed by atoms with van der Waals surface area (Å²) in [5, 5.41) is 13.8. The van der Waals surface area contributed by atoms with Gasteiger partial charge in [-0.1, -0.05) is 19.8 Å². The van der Waals surface area contributed by atoms with E-state index < -0.39 is 16.4 Å². The number of nitrogens with zero attached hydrogens (tertiary/aromatic N) is 1. The molecular formula is C13H17FN2O2. The quantitative estimate of drug-likeness (QED) is 0.658. The molecule has 1 aromatic carbocycles. The second kappa shape index (κ2) is 5.33. The lowest BCUT2D eigenvalue weighted by atomic mass is 9.86. The Bertz CT molecular complexity index is 451. The predicted molar refractivity (Wildman–Crippen MR) is 68.1 cm³/mol. The molecular weight excluding hydrogens is 235 g/mol. The van der Waals surface area contributed by atoms with Crippen molar-refractivity contribution in [3.8, 4) is 0 Å². The summed E-state index contributed by atoms with van der Waals surface area (Å²) < 4.78 is 13.5. The summed E-state index contributed by atoms with van der Waals surface area (Å²) in [4.78, 5) is 9.81. The van der Waals surface area contributed by atoms with Crippen LogP contribution in [-0.4, -0.2) is 11.0 Å². The summed E-state index contributed by atoms with van der Waals surface area (Å²) in [6, 6.07) is 4.33. The van der Waals surface area contributed by atoms with Crippen LogP contribution >= 0.6 is 0 Å².